The zero-order valence-electron chi connectivity index (χ0n) is 17.0. The minimum Gasteiger partial charge on any atom is -0.348 e. The van der Waals surface area contributed by atoms with E-state index in [1.54, 1.807) is 24.3 Å². The fraction of sp³-hybridized carbons (Fsp3) is 0.318. The lowest BCUT2D eigenvalue weighted by molar-refractivity contribution is -0.116. The Labute approximate surface area is 171 Å². The Morgan fingerprint density at radius 1 is 0.931 bits per heavy atom. The highest BCUT2D eigenvalue weighted by atomic mass is 16.2. The monoisotopic (exact) mass is 396 g/mol. The van der Waals surface area contributed by atoms with Gasteiger partial charge in [-0.15, -0.1) is 0 Å². The highest BCUT2D eigenvalue weighted by Gasteiger charge is 2.09. The first-order valence-corrected chi connectivity index (χ1v) is 9.72. The van der Waals surface area contributed by atoms with Gasteiger partial charge < -0.3 is 21.3 Å². The number of carbonyl (C=O) groups excluding carboxylic acids is 3. The molecule has 0 aliphatic carbocycles. The summed E-state index contributed by atoms with van der Waals surface area (Å²) in [5.74, 6) is -0.280. The third kappa shape index (κ3) is 7.65. The topological polar surface area (TPSA) is 99.3 Å². The van der Waals surface area contributed by atoms with Crippen molar-refractivity contribution in [2.24, 2.45) is 0 Å². The van der Waals surface area contributed by atoms with Gasteiger partial charge in [0.1, 0.15) is 0 Å². The van der Waals surface area contributed by atoms with Crippen LogP contribution in [0, 0.1) is 0 Å². The van der Waals surface area contributed by atoms with E-state index in [1.165, 1.54) is 0 Å². The van der Waals surface area contributed by atoms with Crippen LogP contribution in [0.2, 0.25) is 0 Å². The van der Waals surface area contributed by atoms with E-state index in [0.717, 1.165) is 12.0 Å². The van der Waals surface area contributed by atoms with E-state index in [2.05, 4.69) is 21.3 Å². The fourth-order valence-corrected chi connectivity index (χ4v) is 2.66. The first kappa shape index (κ1) is 21.9. The van der Waals surface area contributed by atoms with Crippen LogP contribution in [0.25, 0.3) is 0 Å². The van der Waals surface area contributed by atoms with Crippen molar-refractivity contribution in [3.8, 4) is 0 Å². The number of hydrogen-bond donors (Lipinski definition) is 4. The molecule has 7 nitrogen and oxygen atoms in total. The van der Waals surface area contributed by atoms with Crippen LogP contribution in [-0.4, -0.2) is 23.9 Å². The summed E-state index contributed by atoms with van der Waals surface area (Å²) in [6.07, 6.45) is 1.26. The molecule has 0 atom stereocenters. The summed E-state index contributed by atoms with van der Waals surface area (Å²) in [6, 6.07) is 13.8. The molecule has 2 aromatic carbocycles. The molecular weight excluding hydrogens is 368 g/mol. The Morgan fingerprint density at radius 2 is 1.62 bits per heavy atom. The molecule has 0 heterocycles. The zero-order chi connectivity index (χ0) is 21.2. The molecule has 4 amide bonds. The minimum atomic E-state index is -0.320. The molecule has 0 bridgehead atoms. The van der Waals surface area contributed by atoms with Crippen molar-refractivity contribution < 1.29 is 14.4 Å². The van der Waals surface area contributed by atoms with Gasteiger partial charge in [-0.25, -0.2) is 4.79 Å². The van der Waals surface area contributed by atoms with E-state index in [-0.39, 0.29) is 23.9 Å². The molecule has 0 radical (unpaired) electrons. The summed E-state index contributed by atoms with van der Waals surface area (Å²) in [6.45, 7) is 6.01. The molecule has 0 aliphatic heterocycles. The Kier molecular flexibility index (Phi) is 8.21. The highest BCUT2D eigenvalue weighted by Crippen LogP contribution is 2.13. The van der Waals surface area contributed by atoms with Gasteiger partial charge in [-0.3, -0.25) is 9.59 Å². The van der Waals surface area contributed by atoms with Gasteiger partial charge in [0.05, 0.1) is 0 Å². The van der Waals surface area contributed by atoms with Gasteiger partial charge in [0.2, 0.25) is 5.91 Å². The number of urea groups is 1. The molecule has 0 aliphatic rings. The second-order valence-corrected chi connectivity index (χ2v) is 7.02. The Bertz CT molecular complexity index is 865. The van der Waals surface area contributed by atoms with Crippen LogP contribution in [0.1, 0.15) is 49.5 Å². The van der Waals surface area contributed by atoms with E-state index in [0.29, 0.717) is 29.9 Å². The Hall–Kier alpha value is -3.35. The molecular formula is C22H28N4O3. The van der Waals surface area contributed by atoms with Crippen molar-refractivity contribution in [3.05, 3.63) is 59.7 Å². The van der Waals surface area contributed by atoms with Crippen LogP contribution in [0.5, 0.6) is 0 Å². The fourth-order valence-electron chi connectivity index (χ4n) is 2.66. The van der Waals surface area contributed by atoms with Gasteiger partial charge in [0, 0.05) is 35.9 Å². The molecule has 154 valence electrons. The summed E-state index contributed by atoms with van der Waals surface area (Å²) in [5, 5.41) is 11.1. The average Bonchev–Trinajstić information content (AvgIpc) is 2.66. The number of nitrogens with one attached hydrogen (secondary N) is 4. The molecule has 2 aromatic rings. The number of anilines is 2. The van der Waals surface area contributed by atoms with E-state index >= 15 is 0 Å². The van der Waals surface area contributed by atoms with Crippen LogP contribution in [0.3, 0.4) is 0 Å². The van der Waals surface area contributed by atoms with Gasteiger partial charge in [-0.1, -0.05) is 25.1 Å². The summed E-state index contributed by atoms with van der Waals surface area (Å²) < 4.78 is 0. The smallest absolute Gasteiger partial charge is 0.319 e. The molecule has 0 fully saturated rings. The maximum Gasteiger partial charge on any atom is 0.319 e. The average molecular weight is 396 g/mol. The number of hydrogen-bond acceptors (Lipinski definition) is 3. The first-order chi connectivity index (χ1) is 13.9. The molecule has 4 N–H and O–H groups in total. The number of benzene rings is 2. The second kappa shape index (κ2) is 10.8. The summed E-state index contributed by atoms with van der Waals surface area (Å²) in [7, 11) is 0. The van der Waals surface area contributed by atoms with Gasteiger partial charge >= 0.3 is 6.03 Å². The molecule has 0 aromatic heterocycles. The SMILES string of the molecule is CCCC(=O)Nc1cccc(CNC(=O)c2cccc(NC(=O)NC(C)C)c2)c1. The number of carbonyl (C=O) groups is 3. The first-order valence-electron chi connectivity index (χ1n) is 9.72. The van der Waals surface area contributed by atoms with Crippen molar-refractivity contribution in [3.63, 3.8) is 0 Å². The van der Waals surface area contributed by atoms with Crippen molar-refractivity contribution in [1.82, 2.24) is 10.6 Å². The standard InChI is InChI=1S/C22H28N4O3/c1-4-7-20(27)25-18-10-5-8-16(12-18)14-23-21(28)17-9-6-11-19(13-17)26-22(29)24-15(2)3/h5-6,8-13,15H,4,7,14H2,1-3H3,(H,23,28)(H,25,27)(H2,24,26,29). The lowest BCUT2D eigenvalue weighted by atomic mass is 10.1. The number of rotatable bonds is 8. The van der Waals surface area contributed by atoms with Gasteiger partial charge in [-0.05, 0) is 56.2 Å². The molecule has 7 heteroatoms. The maximum absolute atomic E-state index is 12.5. The summed E-state index contributed by atoms with van der Waals surface area (Å²) >= 11 is 0. The van der Waals surface area contributed by atoms with Crippen molar-refractivity contribution in [2.45, 2.75) is 46.2 Å². The lowest BCUT2D eigenvalue weighted by Crippen LogP contribution is -2.34. The van der Waals surface area contributed by atoms with Gasteiger partial charge in [0.25, 0.3) is 5.91 Å². The molecule has 29 heavy (non-hydrogen) atoms. The van der Waals surface area contributed by atoms with E-state index in [9.17, 15) is 14.4 Å². The minimum absolute atomic E-state index is 0.0176. The Morgan fingerprint density at radius 3 is 2.31 bits per heavy atom. The predicted molar refractivity (Wildman–Crippen MR) is 115 cm³/mol. The van der Waals surface area contributed by atoms with Crippen LogP contribution in [0.15, 0.2) is 48.5 Å². The summed E-state index contributed by atoms with van der Waals surface area (Å²) in [5.41, 5.74) is 2.56. The van der Waals surface area contributed by atoms with Gasteiger partial charge in [0.15, 0.2) is 0 Å². The quantitative estimate of drug-likeness (QED) is 0.545. The normalized spacial score (nSPS) is 10.3. The predicted octanol–water partition coefficient (Wildman–Crippen LogP) is 3.89. The van der Waals surface area contributed by atoms with Crippen LogP contribution in [-0.2, 0) is 11.3 Å². The lowest BCUT2D eigenvalue weighted by Gasteiger charge is -2.11. The largest absolute Gasteiger partial charge is 0.348 e. The zero-order valence-corrected chi connectivity index (χ0v) is 17.0. The highest BCUT2D eigenvalue weighted by molar-refractivity contribution is 5.97. The van der Waals surface area contributed by atoms with Crippen molar-refractivity contribution in [2.75, 3.05) is 10.6 Å². The third-order valence-electron chi connectivity index (χ3n) is 3.94. The van der Waals surface area contributed by atoms with Crippen molar-refractivity contribution in [1.29, 1.82) is 0 Å². The molecule has 0 unspecified atom stereocenters. The molecule has 0 spiro atoms. The van der Waals surface area contributed by atoms with Crippen molar-refractivity contribution >= 4 is 29.2 Å². The number of amides is 4. The maximum atomic E-state index is 12.5. The van der Waals surface area contributed by atoms with E-state index in [1.807, 2.05) is 45.0 Å². The van der Waals surface area contributed by atoms with Crippen LogP contribution in [0.4, 0.5) is 16.2 Å². The van der Waals surface area contributed by atoms with Crippen LogP contribution >= 0.6 is 0 Å². The van der Waals surface area contributed by atoms with Crippen LogP contribution < -0.4 is 21.3 Å². The molecule has 2 rings (SSSR count). The third-order valence-corrected chi connectivity index (χ3v) is 3.94. The molecule has 0 saturated heterocycles. The van der Waals surface area contributed by atoms with E-state index in [4.69, 9.17) is 0 Å². The second-order valence-electron chi connectivity index (χ2n) is 7.02. The summed E-state index contributed by atoms with van der Waals surface area (Å²) in [4.78, 5) is 36.0. The van der Waals surface area contributed by atoms with E-state index < -0.39 is 0 Å². The molecule has 0 saturated carbocycles. The van der Waals surface area contributed by atoms with Gasteiger partial charge in [-0.2, -0.15) is 0 Å². The Balaban J connectivity index is 1.95.